The summed E-state index contributed by atoms with van der Waals surface area (Å²) in [5.41, 5.74) is 4.43. The molecule has 0 unspecified atom stereocenters. The molecule has 31 heavy (non-hydrogen) atoms. The van der Waals surface area contributed by atoms with E-state index >= 15 is 0 Å². The molecule has 0 amide bonds. The van der Waals surface area contributed by atoms with Gasteiger partial charge < -0.3 is 9.47 Å². The third kappa shape index (κ3) is 5.47. The van der Waals surface area contributed by atoms with Gasteiger partial charge in [-0.3, -0.25) is 15.1 Å². The highest BCUT2D eigenvalue weighted by atomic mass is 35.5. The largest absolute Gasteiger partial charge is 0.492 e. The minimum atomic E-state index is -0.0479. The van der Waals surface area contributed by atoms with Crippen LogP contribution in [0.5, 0.6) is 5.75 Å². The summed E-state index contributed by atoms with van der Waals surface area (Å²) in [6, 6.07) is 9.57. The van der Waals surface area contributed by atoms with Crippen molar-refractivity contribution in [3.05, 3.63) is 64.2 Å². The second-order valence-corrected chi connectivity index (χ2v) is 9.37. The molecule has 0 saturated carbocycles. The lowest BCUT2D eigenvalue weighted by Crippen LogP contribution is -2.38. The Bertz CT molecular complexity index is 994. The van der Waals surface area contributed by atoms with E-state index in [1.165, 1.54) is 11.3 Å². The summed E-state index contributed by atoms with van der Waals surface area (Å²) < 4.78 is 11.8. The van der Waals surface area contributed by atoms with E-state index in [0.29, 0.717) is 24.0 Å². The van der Waals surface area contributed by atoms with E-state index < -0.39 is 0 Å². The van der Waals surface area contributed by atoms with E-state index in [1.54, 1.807) is 0 Å². The molecule has 166 valence electrons. The Hall–Kier alpha value is -2.35. The molecule has 1 aromatic carbocycles. The van der Waals surface area contributed by atoms with Crippen LogP contribution in [-0.2, 0) is 23.1 Å². The molecular formula is C23H30ClN5O2. The maximum atomic E-state index is 6.14. The number of aromatic nitrogens is 4. The second-order valence-electron chi connectivity index (χ2n) is 8.96. The number of H-pyrrole nitrogens is 2. The van der Waals surface area contributed by atoms with Gasteiger partial charge in [-0.05, 0) is 18.2 Å². The molecule has 3 aromatic rings. The molecule has 8 heteroatoms. The van der Waals surface area contributed by atoms with Gasteiger partial charge in [0.15, 0.2) is 0 Å². The van der Waals surface area contributed by atoms with Gasteiger partial charge in [-0.1, -0.05) is 44.5 Å². The molecule has 1 atom stereocenters. The molecule has 0 radical (unpaired) electrons. The highest BCUT2D eigenvalue weighted by Crippen LogP contribution is 2.27. The van der Waals surface area contributed by atoms with Crippen LogP contribution >= 0.6 is 11.6 Å². The minimum Gasteiger partial charge on any atom is -0.492 e. The summed E-state index contributed by atoms with van der Waals surface area (Å²) in [6.07, 6.45) is 2.61. The topological polar surface area (TPSA) is 79.1 Å². The van der Waals surface area contributed by atoms with Crippen LogP contribution in [0.2, 0.25) is 5.02 Å². The van der Waals surface area contributed by atoms with Crippen LogP contribution in [0.4, 0.5) is 0 Å². The van der Waals surface area contributed by atoms with E-state index in [1.807, 2.05) is 30.5 Å². The number of para-hydroxylation sites is 1. The fraction of sp³-hybridized carbons (Fsp3) is 0.478. The lowest BCUT2D eigenvalue weighted by atomic mass is 9.89. The lowest BCUT2D eigenvalue weighted by molar-refractivity contribution is -0.0351. The number of rotatable bonds is 7. The highest BCUT2D eigenvalue weighted by Gasteiger charge is 2.27. The standard InChI is InChI=1S/C23H30ClN5O2/c1-23(2,3)22-16(13-25-28-22)14-29-9-11-31-21(15-29)19-12-17(26-27-19)8-10-30-20-7-5-4-6-18(20)24/h4-7,12-13,21H,8-11,14-15H2,1-3H3,(H,25,28)(H,26,27)/t21-/m1/s1. The van der Waals surface area contributed by atoms with Crippen molar-refractivity contribution in [3.63, 3.8) is 0 Å². The normalized spacial score (nSPS) is 17.7. The molecule has 0 spiro atoms. The first-order valence-electron chi connectivity index (χ1n) is 10.7. The quantitative estimate of drug-likeness (QED) is 0.569. The second kappa shape index (κ2) is 9.42. The smallest absolute Gasteiger partial charge is 0.137 e. The summed E-state index contributed by atoms with van der Waals surface area (Å²) in [5.74, 6) is 0.698. The van der Waals surface area contributed by atoms with Gasteiger partial charge >= 0.3 is 0 Å². The average molecular weight is 444 g/mol. The predicted octanol–water partition coefficient (Wildman–Crippen LogP) is 4.28. The monoisotopic (exact) mass is 443 g/mol. The van der Waals surface area contributed by atoms with Gasteiger partial charge in [-0.25, -0.2) is 0 Å². The average Bonchev–Trinajstić information content (AvgIpc) is 3.39. The Labute approximate surface area is 188 Å². The van der Waals surface area contributed by atoms with E-state index in [0.717, 1.165) is 37.4 Å². The zero-order valence-corrected chi connectivity index (χ0v) is 19.1. The Morgan fingerprint density at radius 1 is 1.26 bits per heavy atom. The molecular weight excluding hydrogens is 414 g/mol. The van der Waals surface area contributed by atoms with Crippen LogP contribution in [0, 0.1) is 0 Å². The van der Waals surface area contributed by atoms with Gasteiger partial charge in [0.25, 0.3) is 0 Å². The Kier molecular flexibility index (Phi) is 6.65. The first kappa shape index (κ1) is 21.9. The van der Waals surface area contributed by atoms with Crippen molar-refractivity contribution in [1.29, 1.82) is 0 Å². The third-order valence-corrected chi connectivity index (χ3v) is 5.77. The summed E-state index contributed by atoms with van der Waals surface area (Å²) >= 11 is 6.14. The van der Waals surface area contributed by atoms with Crippen molar-refractivity contribution in [3.8, 4) is 5.75 Å². The summed E-state index contributed by atoms with van der Waals surface area (Å²) in [4.78, 5) is 2.41. The van der Waals surface area contributed by atoms with Gasteiger partial charge in [-0.15, -0.1) is 0 Å². The van der Waals surface area contributed by atoms with Gasteiger partial charge in [0.1, 0.15) is 11.9 Å². The molecule has 7 nitrogen and oxygen atoms in total. The van der Waals surface area contributed by atoms with E-state index in [4.69, 9.17) is 21.1 Å². The van der Waals surface area contributed by atoms with Gasteiger partial charge in [-0.2, -0.15) is 10.2 Å². The van der Waals surface area contributed by atoms with Crippen molar-refractivity contribution in [2.24, 2.45) is 0 Å². The molecule has 1 saturated heterocycles. The summed E-state index contributed by atoms with van der Waals surface area (Å²) in [5, 5.41) is 15.7. The minimum absolute atomic E-state index is 0.0423. The van der Waals surface area contributed by atoms with Crippen molar-refractivity contribution >= 4 is 11.6 Å². The zero-order chi connectivity index (χ0) is 21.8. The number of halogens is 1. The van der Waals surface area contributed by atoms with E-state index in [-0.39, 0.29) is 11.5 Å². The third-order valence-electron chi connectivity index (χ3n) is 5.46. The fourth-order valence-electron chi connectivity index (χ4n) is 3.85. The van der Waals surface area contributed by atoms with Crippen LogP contribution in [0.1, 0.15) is 49.5 Å². The summed E-state index contributed by atoms with van der Waals surface area (Å²) in [7, 11) is 0. The highest BCUT2D eigenvalue weighted by molar-refractivity contribution is 6.32. The zero-order valence-electron chi connectivity index (χ0n) is 18.3. The van der Waals surface area contributed by atoms with Crippen molar-refractivity contribution in [2.45, 2.75) is 45.3 Å². The number of nitrogens with zero attached hydrogens (tertiary/aromatic N) is 3. The molecule has 2 aromatic heterocycles. The van der Waals surface area contributed by atoms with E-state index in [2.05, 4.69) is 52.1 Å². The maximum absolute atomic E-state index is 6.14. The summed E-state index contributed by atoms with van der Waals surface area (Å²) in [6.45, 7) is 10.4. The molecule has 0 aliphatic carbocycles. The molecule has 4 rings (SSSR count). The number of ether oxygens (including phenoxy) is 2. The predicted molar refractivity (Wildman–Crippen MR) is 120 cm³/mol. The van der Waals surface area contributed by atoms with Gasteiger partial charge in [0, 0.05) is 48.4 Å². The van der Waals surface area contributed by atoms with Crippen molar-refractivity contribution in [1.82, 2.24) is 25.3 Å². The molecule has 0 bridgehead atoms. The molecule has 3 heterocycles. The number of nitrogens with one attached hydrogen (secondary N) is 2. The number of hydrogen-bond acceptors (Lipinski definition) is 5. The molecule has 1 fully saturated rings. The van der Waals surface area contributed by atoms with Crippen LogP contribution in [-0.4, -0.2) is 51.6 Å². The fourth-order valence-corrected chi connectivity index (χ4v) is 4.04. The lowest BCUT2D eigenvalue weighted by Gasteiger charge is -2.32. The van der Waals surface area contributed by atoms with E-state index in [9.17, 15) is 0 Å². The Balaban J connectivity index is 1.32. The maximum Gasteiger partial charge on any atom is 0.137 e. The molecule has 1 aliphatic heterocycles. The Morgan fingerprint density at radius 2 is 2.10 bits per heavy atom. The number of morpholine rings is 1. The van der Waals surface area contributed by atoms with Crippen LogP contribution in [0.15, 0.2) is 36.5 Å². The van der Waals surface area contributed by atoms with Crippen LogP contribution in [0.3, 0.4) is 0 Å². The van der Waals surface area contributed by atoms with Crippen LogP contribution < -0.4 is 4.74 Å². The first-order valence-corrected chi connectivity index (χ1v) is 11.1. The first-order chi connectivity index (χ1) is 14.9. The van der Waals surface area contributed by atoms with Crippen molar-refractivity contribution in [2.75, 3.05) is 26.3 Å². The SMILES string of the molecule is CC(C)(C)c1[nH]ncc1CN1CCO[C@@H](c2cc(CCOc3ccccc3Cl)[nH]n2)C1. The van der Waals surface area contributed by atoms with Crippen molar-refractivity contribution < 1.29 is 9.47 Å². The molecule has 1 aliphatic rings. The van der Waals surface area contributed by atoms with Gasteiger partial charge in [0.2, 0.25) is 0 Å². The van der Waals surface area contributed by atoms with Gasteiger partial charge in [0.05, 0.1) is 30.1 Å². The number of hydrogen-bond donors (Lipinski definition) is 2. The Morgan fingerprint density at radius 3 is 2.90 bits per heavy atom. The number of benzene rings is 1. The molecule has 2 N–H and O–H groups in total. The number of aromatic amines is 2. The van der Waals surface area contributed by atoms with Crippen LogP contribution in [0.25, 0.3) is 0 Å².